The van der Waals surface area contributed by atoms with Crippen molar-refractivity contribution in [2.75, 3.05) is 6.54 Å². The molecule has 0 aromatic rings. The standard InChI is InChI=1S/C36H70F2N4/c1-31(2,3)29-26(37)18-25(41(29)33(7,8)9)21-36(15,16)30-27(38)19-24(42(30)34(10,11)12)20-35(13,14)28-17-23(39)22-40(28)32(4,5)6/h23-30H,17-22,39H2,1-16H3/t23-,24?,25?,26+,27-,28-,29-,30-/m0/s1. The van der Waals surface area contributed by atoms with Crippen molar-refractivity contribution in [2.24, 2.45) is 22.0 Å². The van der Waals surface area contributed by atoms with Gasteiger partial charge in [0.1, 0.15) is 12.3 Å². The molecule has 0 aliphatic carbocycles. The molecule has 3 aliphatic heterocycles. The van der Waals surface area contributed by atoms with Crippen molar-refractivity contribution < 1.29 is 8.78 Å². The van der Waals surface area contributed by atoms with E-state index in [1.54, 1.807) is 0 Å². The molecule has 0 saturated carbocycles. The van der Waals surface area contributed by atoms with Gasteiger partial charge < -0.3 is 5.73 Å². The maximum absolute atomic E-state index is 16.6. The Kier molecular flexibility index (Phi) is 9.90. The number of hydrogen-bond acceptors (Lipinski definition) is 4. The zero-order valence-electron chi connectivity index (χ0n) is 30.5. The highest BCUT2D eigenvalue weighted by atomic mass is 19.1. The molecular formula is C36H70F2N4. The van der Waals surface area contributed by atoms with Gasteiger partial charge >= 0.3 is 0 Å². The minimum atomic E-state index is -0.909. The molecule has 0 aromatic heterocycles. The molecule has 4 nitrogen and oxygen atoms in total. The molecule has 0 radical (unpaired) electrons. The number of halogens is 2. The Morgan fingerprint density at radius 3 is 1.38 bits per heavy atom. The van der Waals surface area contributed by atoms with Gasteiger partial charge in [-0.3, -0.25) is 14.7 Å². The number of alkyl halides is 2. The molecule has 3 rings (SSSR count). The summed E-state index contributed by atoms with van der Waals surface area (Å²) >= 11 is 0. The highest BCUT2D eigenvalue weighted by molar-refractivity contribution is 5.11. The van der Waals surface area contributed by atoms with Gasteiger partial charge in [-0.2, -0.15) is 0 Å². The van der Waals surface area contributed by atoms with Gasteiger partial charge in [-0.15, -0.1) is 0 Å². The van der Waals surface area contributed by atoms with E-state index in [1.807, 2.05) is 0 Å². The van der Waals surface area contributed by atoms with Crippen LogP contribution < -0.4 is 5.73 Å². The Balaban J connectivity index is 1.92. The Hall–Kier alpha value is -0.300. The summed E-state index contributed by atoms with van der Waals surface area (Å²) < 4.78 is 32.4. The van der Waals surface area contributed by atoms with E-state index in [0.29, 0.717) is 18.9 Å². The maximum Gasteiger partial charge on any atom is 0.118 e. The first-order valence-electron chi connectivity index (χ1n) is 17.0. The van der Waals surface area contributed by atoms with Crippen molar-refractivity contribution >= 4 is 0 Å². The van der Waals surface area contributed by atoms with Crippen LogP contribution in [0.15, 0.2) is 0 Å². The normalized spacial score (nSPS) is 35.5. The maximum atomic E-state index is 16.6. The molecule has 3 fully saturated rings. The summed E-state index contributed by atoms with van der Waals surface area (Å²) in [6.45, 7) is 37.0. The van der Waals surface area contributed by atoms with Gasteiger partial charge in [0, 0.05) is 59.4 Å². The molecule has 0 amide bonds. The SMILES string of the molecule is CC(C)(C)[C@@H]1[C@H](F)CC(CC(C)(C)[C@@H]2[C@@H](F)CC(CC(C)(C)[C@@H]3C[C@H](N)CN3C(C)(C)C)N2C(C)(C)C)N1C(C)(C)C. The minimum absolute atomic E-state index is 0.00974. The first-order valence-corrected chi connectivity index (χ1v) is 17.0. The van der Waals surface area contributed by atoms with Crippen molar-refractivity contribution in [1.29, 1.82) is 0 Å². The summed E-state index contributed by atoms with van der Waals surface area (Å²) in [4.78, 5) is 7.59. The number of rotatable bonds is 6. The second-order valence-electron chi connectivity index (χ2n) is 19.9. The third-order valence-corrected chi connectivity index (χ3v) is 10.9. The molecule has 0 spiro atoms. The fourth-order valence-corrected chi connectivity index (χ4v) is 9.75. The van der Waals surface area contributed by atoms with E-state index < -0.39 is 12.3 Å². The molecule has 0 aromatic carbocycles. The smallest absolute Gasteiger partial charge is 0.118 e. The lowest BCUT2D eigenvalue weighted by molar-refractivity contribution is -0.0442. The van der Waals surface area contributed by atoms with Gasteiger partial charge in [0.2, 0.25) is 0 Å². The molecule has 6 heteroatoms. The molecule has 0 bridgehead atoms. The van der Waals surface area contributed by atoms with Crippen LogP contribution in [0.4, 0.5) is 8.78 Å². The van der Waals surface area contributed by atoms with E-state index in [-0.39, 0.29) is 63.1 Å². The van der Waals surface area contributed by atoms with Crippen LogP contribution in [0.2, 0.25) is 0 Å². The number of hydrogen-bond donors (Lipinski definition) is 1. The Morgan fingerprint density at radius 2 is 0.976 bits per heavy atom. The average Bonchev–Trinajstić information content (AvgIpc) is 3.39. The lowest BCUT2D eigenvalue weighted by atomic mass is 9.74. The van der Waals surface area contributed by atoms with Crippen LogP contribution in [0.3, 0.4) is 0 Å². The first-order chi connectivity index (χ1) is 18.6. The van der Waals surface area contributed by atoms with Crippen molar-refractivity contribution in [3.63, 3.8) is 0 Å². The summed E-state index contributed by atoms with van der Waals surface area (Å²) in [5, 5.41) is 0. The van der Waals surface area contributed by atoms with Crippen LogP contribution in [0.1, 0.15) is 143 Å². The van der Waals surface area contributed by atoms with Crippen LogP contribution in [-0.4, -0.2) is 86.5 Å². The van der Waals surface area contributed by atoms with Gasteiger partial charge in [-0.25, -0.2) is 8.78 Å². The third kappa shape index (κ3) is 7.39. The lowest BCUT2D eigenvalue weighted by Gasteiger charge is -2.52. The molecule has 2 unspecified atom stereocenters. The minimum Gasteiger partial charge on any atom is -0.326 e. The first kappa shape index (κ1) is 36.2. The molecule has 2 N–H and O–H groups in total. The second-order valence-corrected chi connectivity index (χ2v) is 19.9. The molecular weight excluding hydrogens is 526 g/mol. The van der Waals surface area contributed by atoms with E-state index in [1.165, 1.54) is 0 Å². The van der Waals surface area contributed by atoms with Gasteiger partial charge in [-0.05, 0) is 111 Å². The summed E-state index contributed by atoms with van der Waals surface area (Å²) in [5.74, 6) is 0. The van der Waals surface area contributed by atoms with Crippen molar-refractivity contribution in [1.82, 2.24) is 14.7 Å². The predicted molar refractivity (Wildman–Crippen MR) is 176 cm³/mol. The topological polar surface area (TPSA) is 35.7 Å². The number of nitrogens with two attached hydrogens (primary N) is 1. The van der Waals surface area contributed by atoms with Crippen LogP contribution in [0.5, 0.6) is 0 Å². The average molecular weight is 597 g/mol. The van der Waals surface area contributed by atoms with E-state index in [0.717, 1.165) is 25.8 Å². The molecule has 3 saturated heterocycles. The fraction of sp³-hybridized carbons (Fsp3) is 1.00. The van der Waals surface area contributed by atoms with Gasteiger partial charge in [0.05, 0.1) is 0 Å². The highest BCUT2D eigenvalue weighted by Crippen LogP contribution is 2.52. The second kappa shape index (κ2) is 11.5. The third-order valence-electron chi connectivity index (χ3n) is 10.9. The summed E-state index contributed by atoms with van der Waals surface area (Å²) in [6, 6.07) is 0.440. The summed E-state index contributed by atoms with van der Waals surface area (Å²) in [6.07, 6.45) is 2.04. The van der Waals surface area contributed by atoms with E-state index in [4.69, 9.17) is 5.73 Å². The Morgan fingerprint density at radius 1 is 0.571 bits per heavy atom. The summed E-state index contributed by atoms with van der Waals surface area (Å²) in [7, 11) is 0. The predicted octanol–water partition coefficient (Wildman–Crippen LogP) is 8.22. The Labute approximate surface area is 259 Å². The largest absolute Gasteiger partial charge is 0.326 e. The molecule has 3 heterocycles. The van der Waals surface area contributed by atoms with Crippen molar-refractivity contribution in [2.45, 2.75) is 208 Å². The van der Waals surface area contributed by atoms with Crippen molar-refractivity contribution in [3.8, 4) is 0 Å². The van der Waals surface area contributed by atoms with Crippen LogP contribution in [0, 0.1) is 16.2 Å². The molecule has 248 valence electrons. The molecule has 42 heavy (non-hydrogen) atoms. The fourth-order valence-electron chi connectivity index (χ4n) is 9.75. The number of likely N-dealkylation sites (tertiary alicyclic amines) is 3. The zero-order valence-corrected chi connectivity index (χ0v) is 30.5. The van der Waals surface area contributed by atoms with Crippen LogP contribution in [0.25, 0.3) is 0 Å². The van der Waals surface area contributed by atoms with E-state index in [2.05, 4.69) is 125 Å². The van der Waals surface area contributed by atoms with Gasteiger partial charge in [0.15, 0.2) is 0 Å². The van der Waals surface area contributed by atoms with Gasteiger partial charge in [0.25, 0.3) is 0 Å². The lowest BCUT2D eigenvalue weighted by Crippen LogP contribution is -2.59. The van der Waals surface area contributed by atoms with Crippen LogP contribution >= 0.6 is 0 Å². The highest BCUT2D eigenvalue weighted by Gasteiger charge is 2.57. The monoisotopic (exact) mass is 597 g/mol. The molecule has 3 aliphatic rings. The number of nitrogens with zero attached hydrogens (tertiary/aromatic N) is 3. The molecule has 8 atom stereocenters. The zero-order chi connectivity index (χ0) is 32.6. The van der Waals surface area contributed by atoms with Crippen LogP contribution in [-0.2, 0) is 0 Å². The van der Waals surface area contributed by atoms with Gasteiger partial charge in [-0.1, -0.05) is 48.5 Å². The Bertz CT molecular complexity index is 919. The van der Waals surface area contributed by atoms with E-state index >= 15 is 8.78 Å². The summed E-state index contributed by atoms with van der Waals surface area (Å²) in [5.41, 5.74) is 5.73. The van der Waals surface area contributed by atoms with Crippen molar-refractivity contribution in [3.05, 3.63) is 0 Å². The van der Waals surface area contributed by atoms with E-state index in [9.17, 15) is 0 Å². The quantitative estimate of drug-likeness (QED) is 0.335.